The van der Waals surface area contributed by atoms with E-state index in [1.807, 2.05) is 5.43 Å². The number of primary amides is 1. The molecule has 0 bridgehead atoms. The van der Waals surface area contributed by atoms with Gasteiger partial charge >= 0.3 is 6.03 Å². The summed E-state index contributed by atoms with van der Waals surface area (Å²) in [5, 5.41) is 3.59. The minimum atomic E-state index is -0.780. The fourth-order valence-electron chi connectivity index (χ4n) is 1.45. The predicted octanol–water partition coefficient (Wildman–Crippen LogP) is 2.40. The zero-order chi connectivity index (χ0) is 14.1. The number of ether oxygens (including phenoxy) is 1. The summed E-state index contributed by atoms with van der Waals surface area (Å²) in [6, 6.07) is 3.35. The highest BCUT2D eigenvalue weighted by atomic mass is 19.1. The Kier molecular flexibility index (Phi) is 6.35. The average Bonchev–Trinajstić information content (AvgIpc) is 2.36. The summed E-state index contributed by atoms with van der Waals surface area (Å²) in [4.78, 5) is 10.5. The Morgan fingerprint density at radius 2 is 2.32 bits per heavy atom. The minimum Gasteiger partial charge on any atom is -0.493 e. The van der Waals surface area contributed by atoms with E-state index in [1.165, 1.54) is 24.4 Å². The van der Waals surface area contributed by atoms with Crippen LogP contribution in [0.2, 0.25) is 0 Å². The van der Waals surface area contributed by atoms with Gasteiger partial charge in [0, 0.05) is 5.56 Å². The highest BCUT2D eigenvalue weighted by molar-refractivity contribution is 5.84. The number of hydrogen-bond acceptors (Lipinski definition) is 3. The molecule has 0 spiro atoms. The standard InChI is InChI=1S/C13H18FN3O2/c1-2-3-4-7-19-12-6-5-11(14)8-10(12)9-16-17-13(15)18/h5-6,8-9H,2-4,7H2,1H3,(H3,15,17,18). The molecule has 1 aromatic rings. The van der Waals surface area contributed by atoms with Gasteiger partial charge in [-0.05, 0) is 24.6 Å². The van der Waals surface area contributed by atoms with Crippen molar-refractivity contribution in [3.05, 3.63) is 29.6 Å². The third-order valence-corrected chi connectivity index (χ3v) is 2.36. The summed E-state index contributed by atoms with van der Waals surface area (Å²) in [6.45, 7) is 2.66. The second kappa shape index (κ2) is 8.07. The maximum atomic E-state index is 13.1. The van der Waals surface area contributed by atoms with Crippen molar-refractivity contribution in [3.63, 3.8) is 0 Å². The number of halogens is 1. The number of amides is 2. The summed E-state index contributed by atoms with van der Waals surface area (Å²) < 4.78 is 18.7. The quantitative estimate of drug-likeness (QED) is 0.452. The van der Waals surface area contributed by atoms with Crippen LogP contribution in [0, 0.1) is 5.82 Å². The number of rotatable bonds is 7. The van der Waals surface area contributed by atoms with Crippen molar-refractivity contribution >= 4 is 12.2 Å². The Morgan fingerprint density at radius 3 is 3.00 bits per heavy atom. The van der Waals surface area contributed by atoms with E-state index in [0.29, 0.717) is 17.9 Å². The van der Waals surface area contributed by atoms with Gasteiger partial charge in [0.25, 0.3) is 0 Å². The zero-order valence-electron chi connectivity index (χ0n) is 10.9. The first-order chi connectivity index (χ1) is 9.13. The second-order valence-corrected chi connectivity index (χ2v) is 3.97. The predicted molar refractivity (Wildman–Crippen MR) is 71.7 cm³/mol. The summed E-state index contributed by atoms with van der Waals surface area (Å²) in [5.41, 5.74) is 7.37. The van der Waals surface area contributed by atoms with Crippen LogP contribution in [0.25, 0.3) is 0 Å². The van der Waals surface area contributed by atoms with Gasteiger partial charge in [-0.1, -0.05) is 19.8 Å². The number of carbonyl (C=O) groups excluding carboxylic acids is 1. The summed E-state index contributed by atoms with van der Waals surface area (Å²) >= 11 is 0. The molecular weight excluding hydrogens is 249 g/mol. The van der Waals surface area contributed by atoms with E-state index in [1.54, 1.807) is 0 Å². The maximum Gasteiger partial charge on any atom is 0.332 e. The molecule has 0 aromatic heterocycles. The van der Waals surface area contributed by atoms with Crippen molar-refractivity contribution in [3.8, 4) is 5.75 Å². The van der Waals surface area contributed by atoms with E-state index >= 15 is 0 Å². The molecule has 0 fully saturated rings. The normalized spacial score (nSPS) is 10.6. The molecule has 2 amide bonds. The Hall–Kier alpha value is -2.11. The lowest BCUT2D eigenvalue weighted by Gasteiger charge is -2.08. The molecule has 5 nitrogen and oxygen atoms in total. The lowest BCUT2D eigenvalue weighted by Crippen LogP contribution is -2.24. The monoisotopic (exact) mass is 267 g/mol. The van der Waals surface area contributed by atoms with Crippen LogP contribution >= 0.6 is 0 Å². The fourth-order valence-corrected chi connectivity index (χ4v) is 1.45. The van der Waals surface area contributed by atoms with Crippen molar-refractivity contribution < 1.29 is 13.9 Å². The first-order valence-electron chi connectivity index (χ1n) is 6.14. The molecule has 0 aliphatic heterocycles. The van der Waals surface area contributed by atoms with Crippen LogP contribution in [0.1, 0.15) is 31.7 Å². The van der Waals surface area contributed by atoms with E-state index in [0.717, 1.165) is 19.3 Å². The van der Waals surface area contributed by atoms with Crippen molar-refractivity contribution in [2.45, 2.75) is 26.2 Å². The number of carbonyl (C=O) groups is 1. The van der Waals surface area contributed by atoms with Crippen LogP contribution in [0.5, 0.6) is 5.75 Å². The Labute approximate surface area is 111 Å². The zero-order valence-corrected chi connectivity index (χ0v) is 10.9. The number of hydrazone groups is 1. The number of hydrogen-bond donors (Lipinski definition) is 2. The smallest absolute Gasteiger partial charge is 0.332 e. The number of unbranched alkanes of at least 4 members (excludes halogenated alkanes) is 2. The van der Waals surface area contributed by atoms with E-state index in [2.05, 4.69) is 12.0 Å². The molecule has 0 heterocycles. The number of urea groups is 1. The molecule has 0 unspecified atom stereocenters. The first-order valence-corrected chi connectivity index (χ1v) is 6.14. The summed E-state index contributed by atoms with van der Waals surface area (Å²) in [7, 11) is 0. The molecule has 1 rings (SSSR count). The van der Waals surface area contributed by atoms with Gasteiger partial charge in [-0.25, -0.2) is 14.6 Å². The van der Waals surface area contributed by atoms with Crippen molar-refractivity contribution in [1.29, 1.82) is 0 Å². The van der Waals surface area contributed by atoms with Crippen molar-refractivity contribution in [1.82, 2.24) is 5.43 Å². The van der Waals surface area contributed by atoms with E-state index in [9.17, 15) is 9.18 Å². The fraction of sp³-hybridized carbons (Fsp3) is 0.385. The van der Waals surface area contributed by atoms with Crippen molar-refractivity contribution in [2.75, 3.05) is 6.61 Å². The van der Waals surface area contributed by atoms with E-state index < -0.39 is 11.8 Å². The molecular formula is C13H18FN3O2. The molecule has 0 radical (unpaired) electrons. The van der Waals surface area contributed by atoms with Gasteiger partial charge in [-0.2, -0.15) is 5.10 Å². The van der Waals surface area contributed by atoms with Gasteiger partial charge in [0.15, 0.2) is 0 Å². The van der Waals surface area contributed by atoms with Crippen molar-refractivity contribution in [2.24, 2.45) is 10.8 Å². The molecule has 0 aliphatic rings. The van der Waals surface area contributed by atoms with Gasteiger partial charge in [0.2, 0.25) is 0 Å². The summed E-state index contributed by atoms with van der Waals surface area (Å²) in [5.74, 6) is 0.119. The molecule has 0 atom stereocenters. The lowest BCUT2D eigenvalue weighted by atomic mass is 10.2. The number of benzene rings is 1. The van der Waals surface area contributed by atoms with E-state index in [4.69, 9.17) is 10.5 Å². The number of nitrogens with zero attached hydrogens (tertiary/aromatic N) is 1. The third-order valence-electron chi connectivity index (χ3n) is 2.36. The molecule has 0 aliphatic carbocycles. The van der Waals surface area contributed by atoms with E-state index in [-0.39, 0.29) is 0 Å². The SMILES string of the molecule is CCCCCOc1ccc(F)cc1C=NNC(N)=O. The van der Waals surface area contributed by atoms with Crippen LogP contribution in [-0.4, -0.2) is 18.9 Å². The summed E-state index contributed by atoms with van der Waals surface area (Å²) in [6.07, 6.45) is 4.41. The highest BCUT2D eigenvalue weighted by Crippen LogP contribution is 2.18. The minimum absolute atomic E-state index is 0.401. The van der Waals surface area contributed by atoms with Crippen LogP contribution in [0.4, 0.5) is 9.18 Å². The van der Waals surface area contributed by atoms with Crippen LogP contribution in [0.3, 0.4) is 0 Å². The number of nitrogens with two attached hydrogens (primary N) is 1. The third kappa shape index (κ3) is 5.85. The van der Waals surface area contributed by atoms with Crippen LogP contribution in [0.15, 0.2) is 23.3 Å². The second-order valence-electron chi connectivity index (χ2n) is 3.97. The number of nitrogens with one attached hydrogen (secondary N) is 1. The Balaban J connectivity index is 2.68. The first kappa shape index (κ1) is 14.9. The van der Waals surface area contributed by atoms with Gasteiger partial charge in [-0.15, -0.1) is 0 Å². The Bertz CT molecular complexity index is 450. The molecule has 6 heteroatoms. The molecule has 19 heavy (non-hydrogen) atoms. The van der Waals surface area contributed by atoms with Crippen LogP contribution < -0.4 is 15.9 Å². The maximum absolute atomic E-state index is 13.1. The molecule has 0 saturated carbocycles. The average molecular weight is 267 g/mol. The van der Waals surface area contributed by atoms with Gasteiger partial charge in [0.1, 0.15) is 11.6 Å². The molecule has 104 valence electrons. The largest absolute Gasteiger partial charge is 0.493 e. The molecule has 3 N–H and O–H groups in total. The Morgan fingerprint density at radius 1 is 1.53 bits per heavy atom. The molecule has 0 saturated heterocycles. The van der Waals surface area contributed by atoms with Gasteiger partial charge < -0.3 is 10.5 Å². The topological polar surface area (TPSA) is 76.7 Å². The lowest BCUT2D eigenvalue weighted by molar-refractivity contribution is 0.249. The highest BCUT2D eigenvalue weighted by Gasteiger charge is 2.03. The van der Waals surface area contributed by atoms with Gasteiger partial charge in [0.05, 0.1) is 12.8 Å². The molecule has 1 aromatic carbocycles. The van der Waals surface area contributed by atoms with Crippen LogP contribution in [-0.2, 0) is 0 Å². The van der Waals surface area contributed by atoms with Gasteiger partial charge in [-0.3, -0.25) is 0 Å².